The van der Waals surface area contributed by atoms with E-state index in [0.717, 1.165) is 35.5 Å². The van der Waals surface area contributed by atoms with Gasteiger partial charge in [0.05, 0.1) is 6.61 Å². The largest absolute Gasteiger partial charge is 0.464 e. The molecule has 0 atom stereocenters. The van der Waals surface area contributed by atoms with E-state index in [4.69, 9.17) is 9.47 Å². The highest BCUT2D eigenvalue weighted by Crippen LogP contribution is 2.10. The van der Waals surface area contributed by atoms with Gasteiger partial charge in [-0.2, -0.15) is 0 Å². The summed E-state index contributed by atoms with van der Waals surface area (Å²) in [4.78, 5) is 47.9. The van der Waals surface area contributed by atoms with Crippen LogP contribution in [0, 0.1) is 0 Å². The molecule has 0 N–H and O–H groups in total. The standard InChI is InChI=1S/C14H22N2O6/c1-15-11(17)9-12(18)16(14(15)20)10-13(19)22-8-6-4-3-5-7-21-2/h3-10H2,1-2H3. The van der Waals surface area contributed by atoms with E-state index < -0.39 is 36.8 Å². The molecule has 4 amide bonds. The molecule has 0 bridgehead atoms. The van der Waals surface area contributed by atoms with Crippen LogP contribution in [0.5, 0.6) is 0 Å². The van der Waals surface area contributed by atoms with Gasteiger partial charge in [-0.25, -0.2) is 4.79 Å². The van der Waals surface area contributed by atoms with Gasteiger partial charge in [0, 0.05) is 20.8 Å². The number of nitrogens with zero attached hydrogens (tertiary/aromatic N) is 2. The van der Waals surface area contributed by atoms with E-state index in [1.165, 1.54) is 7.05 Å². The van der Waals surface area contributed by atoms with Crippen LogP contribution in [-0.4, -0.2) is 67.5 Å². The molecule has 1 rings (SSSR count). The van der Waals surface area contributed by atoms with Gasteiger partial charge < -0.3 is 9.47 Å². The minimum Gasteiger partial charge on any atom is -0.464 e. The lowest BCUT2D eigenvalue weighted by atomic mass is 10.2. The molecule has 0 unspecified atom stereocenters. The number of ether oxygens (including phenoxy) is 2. The van der Waals surface area contributed by atoms with Crippen molar-refractivity contribution in [3.63, 3.8) is 0 Å². The molecule has 0 saturated carbocycles. The van der Waals surface area contributed by atoms with Gasteiger partial charge in [-0.3, -0.25) is 24.2 Å². The highest BCUT2D eigenvalue weighted by atomic mass is 16.5. The van der Waals surface area contributed by atoms with Crippen molar-refractivity contribution in [1.29, 1.82) is 0 Å². The number of carbonyl (C=O) groups excluding carboxylic acids is 4. The van der Waals surface area contributed by atoms with E-state index in [0.29, 0.717) is 6.61 Å². The molecule has 1 heterocycles. The van der Waals surface area contributed by atoms with Crippen molar-refractivity contribution in [3.8, 4) is 0 Å². The van der Waals surface area contributed by atoms with E-state index >= 15 is 0 Å². The molecule has 0 spiro atoms. The van der Waals surface area contributed by atoms with Crippen LogP contribution in [0.4, 0.5) is 4.79 Å². The lowest BCUT2D eigenvalue weighted by Crippen LogP contribution is -2.54. The van der Waals surface area contributed by atoms with E-state index in [2.05, 4.69) is 0 Å². The van der Waals surface area contributed by atoms with E-state index in [1.54, 1.807) is 7.11 Å². The summed E-state index contributed by atoms with van der Waals surface area (Å²) in [6.07, 6.45) is 3.17. The van der Waals surface area contributed by atoms with E-state index in [1.807, 2.05) is 0 Å². The molecular formula is C14H22N2O6. The number of esters is 1. The summed E-state index contributed by atoms with van der Waals surface area (Å²) in [5, 5.41) is 0. The molecular weight excluding hydrogens is 292 g/mol. The minimum absolute atomic E-state index is 0.247. The van der Waals surface area contributed by atoms with E-state index in [-0.39, 0.29) is 6.61 Å². The fourth-order valence-electron chi connectivity index (χ4n) is 1.96. The van der Waals surface area contributed by atoms with Crippen LogP contribution < -0.4 is 0 Å². The Morgan fingerprint density at radius 1 is 1.05 bits per heavy atom. The number of unbranched alkanes of at least 4 members (excludes halogenated alkanes) is 3. The Morgan fingerprint density at radius 3 is 2.32 bits per heavy atom. The number of urea groups is 1. The fourth-order valence-corrected chi connectivity index (χ4v) is 1.96. The van der Waals surface area contributed by atoms with Gasteiger partial charge in [-0.05, 0) is 19.3 Å². The lowest BCUT2D eigenvalue weighted by molar-refractivity contribution is -0.151. The maximum absolute atomic E-state index is 11.7. The number of hydrogen-bond donors (Lipinski definition) is 0. The number of barbiturate groups is 1. The van der Waals surface area contributed by atoms with Crippen molar-refractivity contribution in [2.75, 3.05) is 33.9 Å². The molecule has 0 aromatic carbocycles. The van der Waals surface area contributed by atoms with Crippen LogP contribution in [0.15, 0.2) is 0 Å². The zero-order chi connectivity index (χ0) is 16.5. The van der Waals surface area contributed by atoms with Crippen molar-refractivity contribution < 1.29 is 28.7 Å². The predicted octanol–water partition coefficient (Wildman–Crippen LogP) is 0.547. The molecule has 0 aliphatic carbocycles. The summed E-state index contributed by atoms with van der Waals surface area (Å²) in [6.45, 7) is 0.501. The van der Waals surface area contributed by atoms with Crippen molar-refractivity contribution in [3.05, 3.63) is 0 Å². The topological polar surface area (TPSA) is 93.2 Å². The van der Waals surface area contributed by atoms with Gasteiger partial charge in [0.15, 0.2) is 0 Å². The zero-order valence-electron chi connectivity index (χ0n) is 13.0. The maximum atomic E-state index is 11.7. The van der Waals surface area contributed by atoms with Gasteiger partial charge in [0.25, 0.3) is 0 Å². The molecule has 22 heavy (non-hydrogen) atoms. The Hall–Kier alpha value is -1.96. The Morgan fingerprint density at radius 2 is 1.68 bits per heavy atom. The molecule has 0 radical (unpaired) electrons. The predicted molar refractivity (Wildman–Crippen MR) is 75.8 cm³/mol. The number of amides is 4. The van der Waals surface area contributed by atoms with Gasteiger partial charge in [-0.1, -0.05) is 6.42 Å². The average Bonchev–Trinajstić information content (AvgIpc) is 2.48. The third-order valence-corrected chi connectivity index (χ3v) is 3.29. The molecule has 8 heteroatoms. The first-order valence-electron chi connectivity index (χ1n) is 7.22. The number of rotatable bonds is 9. The molecule has 0 aromatic rings. The number of hydrogen-bond acceptors (Lipinski definition) is 6. The highest BCUT2D eigenvalue weighted by molar-refractivity contribution is 6.14. The quantitative estimate of drug-likeness (QED) is 0.350. The van der Waals surface area contributed by atoms with Crippen LogP contribution in [0.3, 0.4) is 0 Å². The third kappa shape index (κ3) is 5.44. The van der Waals surface area contributed by atoms with Crippen molar-refractivity contribution >= 4 is 23.8 Å². The number of imide groups is 2. The maximum Gasteiger partial charge on any atom is 0.333 e. The first-order valence-corrected chi connectivity index (χ1v) is 7.22. The Balaban J connectivity index is 2.25. The monoisotopic (exact) mass is 314 g/mol. The third-order valence-electron chi connectivity index (χ3n) is 3.29. The lowest BCUT2D eigenvalue weighted by Gasteiger charge is -2.29. The van der Waals surface area contributed by atoms with Gasteiger partial charge >= 0.3 is 12.0 Å². The summed E-state index contributed by atoms with van der Waals surface area (Å²) in [5.41, 5.74) is 0. The van der Waals surface area contributed by atoms with Crippen molar-refractivity contribution in [2.24, 2.45) is 0 Å². The summed E-state index contributed by atoms with van der Waals surface area (Å²) in [6, 6.07) is -0.794. The van der Waals surface area contributed by atoms with Crippen LogP contribution in [0.25, 0.3) is 0 Å². The number of methoxy groups -OCH3 is 1. The van der Waals surface area contributed by atoms with Crippen LogP contribution >= 0.6 is 0 Å². The molecule has 8 nitrogen and oxygen atoms in total. The van der Waals surface area contributed by atoms with E-state index in [9.17, 15) is 19.2 Å². The van der Waals surface area contributed by atoms with Crippen LogP contribution in [0.2, 0.25) is 0 Å². The molecule has 124 valence electrons. The number of carbonyl (C=O) groups is 4. The fraction of sp³-hybridized carbons (Fsp3) is 0.714. The molecule has 0 aromatic heterocycles. The van der Waals surface area contributed by atoms with Gasteiger partial charge in [0.2, 0.25) is 11.8 Å². The van der Waals surface area contributed by atoms with Crippen LogP contribution in [0.1, 0.15) is 32.1 Å². The second-order valence-corrected chi connectivity index (χ2v) is 5.02. The first kappa shape index (κ1) is 18.1. The Kier molecular flexibility index (Phi) is 7.51. The SMILES string of the molecule is COCCCCCCOC(=O)CN1C(=O)CC(=O)N(C)C1=O. The summed E-state index contributed by atoms with van der Waals surface area (Å²) in [7, 11) is 2.92. The normalized spacial score (nSPS) is 15.5. The molecule has 1 aliphatic heterocycles. The van der Waals surface area contributed by atoms with Crippen molar-refractivity contribution in [2.45, 2.75) is 32.1 Å². The summed E-state index contributed by atoms with van der Waals surface area (Å²) >= 11 is 0. The second kappa shape index (κ2) is 9.14. The highest BCUT2D eigenvalue weighted by Gasteiger charge is 2.36. The summed E-state index contributed by atoms with van der Waals surface area (Å²) < 4.78 is 9.92. The molecule has 1 saturated heterocycles. The average molecular weight is 314 g/mol. The van der Waals surface area contributed by atoms with Crippen molar-refractivity contribution in [1.82, 2.24) is 9.80 Å². The zero-order valence-corrected chi connectivity index (χ0v) is 13.0. The molecule has 1 aliphatic rings. The summed E-state index contributed by atoms with van der Waals surface area (Å²) in [5.74, 6) is -1.90. The first-order chi connectivity index (χ1) is 10.5. The Labute approximate surface area is 129 Å². The van der Waals surface area contributed by atoms with Gasteiger partial charge in [0.1, 0.15) is 13.0 Å². The Bertz CT molecular complexity index is 437. The molecule has 1 fully saturated rings. The van der Waals surface area contributed by atoms with Gasteiger partial charge in [-0.15, -0.1) is 0 Å². The second-order valence-electron chi connectivity index (χ2n) is 5.02. The smallest absolute Gasteiger partial charge is 0.333 e. The van der Waals surface area contributed by atoms with Crippen LogP contribution in [-0.2, 0) is 23.9 Å². The minimum atomic E-state index is -0.794.